The fourth-order valence-electron chi connectivity index (χ4n) is 3.57. The molecule has 0 amide bonds. The van der Waals surface area contributed by atoms with E-state index in [0.717, 1.165) is 37.4 Å². The maximum absolute atomic E-state index is 4.93. The van der Waals surface area contributed by atoms with Crippen LogP contribution in [0.2, 0.25) is 0 Å². The molecule has 22 heavy (non-hydrogen) atoms. The van der Waals surface area contributed by atoms with Crippen molar-refractivity contribution in [3.8, 4) is 11.5 Å². The molecule has 0 spiro atoms. The van der Waals surface area contributed by atoms with Crippen LogP contribution in [0.3, 0.4) is 0 Å². The molecule has 4 rings (SSSR count). The van der Waals surface area contributed by atoms with Crippen LogP contribution in [0, 0.1) is 0 Å². The Balaban J connectivity index is 1.78. The minimum Gasteiger partial charge on any atom is -0.356 e. The van der Waals surface area contributed by atoms with Gasteiger partial charge in [0.05, 0.1) is 0 Å². The molecule has 0 atom stereocenters. The summed E-state index contributed by atoms with van der Waals surface area (Å²) in [5.41, 5.74) is 3.52. The Morgan fingerprint density at radius 3 is 2.50 bits per heavy atom. The average molecular weight is 294 g/mol. The van der Waals surface area contributed by atoms with Gasteiger partial charge in [-0.1, -0.05) is 18.9 Å². The van der Waals surface area contributed by atoms with Gasteiger partial charge in [-0.15, -0.1) is 0 Å². The first-order valence-corrected chi connectivity index (χ1v) is 8.48. The Labute approximate surface area is 131 Å². The van der Waals surface area contributed by atoms with Gasteiger partial charge >= 0.3 is 0 Å². The Bertz CT molecular complexity index is 646. The molecule has 0 radical (unpaired) electrons. The fraction of sp³-hybridized carbons (Fsp3) is 0.500. The predicted molar refractivity (Wildman–Crippen MR) is 88.0 cm³/mol. The Hall–Kier alpha value is -1.97. The molecule has 0 unspecified atom stereocenters. The van der Waals surface area contributed by atoms with Crippen molar-refractivity contribution in [2.24, 2.45) is 0 Å². The summed E-state index contributed by atoms with van der Waals surface area (Å²) in [6, 6.07) is 5.94. The molecule has 114 valence electrons. The molecule has 4 heteroatoms. The van der Waals surface area contributed by atoms with E-state index >= 15 is 0 Å². The summed E-state index contributed by atoms with van der Waals surface area (Å²) in [5.74, 6) is 1.98. The molecule has 3 heterocycles. The average Bonchev–Trinajstić information content (AvgIpc) is 2.88. The summed E-state index contributed by atoms with van der Waals surface area (Å²) < 4.78 is 0. The van der Waals surface area contributed by atoms with E-state index in [9.17, 15) is 0 Å². The lowest BCUT2D eigenvalue weighted by atomic mass is 10.2. The maximum atomic E-state index is 4.93. The van der Waals surface area contributed by atoms with Crippen LogP contribution in [0.4, 0.5) is 5.82 Å². The predicted octanol–water partition coefficient (Wildman–Crippen LogP) is 3.41. The number of aryl methyl sites for hydroxylation is 1. The number of hydrogen-bond donors (Lipinski definition) is 0. The van der Waals surface area contributed by atoms with E-state index in [0.29, 0.717) is 0 Å². The number of hydrogen-bond acceptors (Lipinski definition) is 4. The van der Waals surface area contributed by atoms with Gasteiger partial charge in [0.2, 0.25) is 0 Å². The molecule has 1 saturated heterocycles. The van der Waals surface area contributed by atoms with Crippen molar-refractivity contribution in [1.82, 2.24) is 15.0 Å². The first-order valence-electron chi connectivity index (χ1n) is 8.48. The quantitative estimate of drug-likeness (QED) is 0.851. The van der Waals surface area contributed by atoms with Crippen molar-refractivity contribution in [1.29, 1.82) is 0 Å². The second kappa shape index (κ2) is 6.03. The first kappa shape index (κ1) is 13.7. The highest BCUT2D eigenvalue weighted by molar-refractivity contribution is 5.58. The molecule has 1 aliphatic carbocycles. The molecule has 2 aromatic rings. The molecular formula is C18H22N4. The normalized spacial score (nSPS) is 18.1. The Kier molecular flexibility index (Phi) is 3.75. The molecule has 4 nitrogen and oxygen atoms in total. The summed E-state index contributed by atoms with van der Waals surface area (Å²) in [7, 11) is 0. The monoisotopic (exact) mass is 294 g/mol. The van der Waals surface area contributed by atoms with Crippen molar-refractivity contribution in [3.05, 3.63) is 35.7 Å². The van der Waals surface area contributed by atoms with E-state index in [1.807, 2.05) is 24.4 Å². The van der Waals surface area contributed by atoms with Crippen LogP contribution in [0.15, 0.2) is 24.4 Å². The number of anilines is 1. The molecule has 0 N–H and O–H groups in total. The second-order valence-corrected chi connectivity index (χ2v) is 6.27. The highest BCUT2D eigenvalue weighted by Crippen LogP contribution is 2.32. The topological polar surface area (TPSA) is 41.9 Å². The maximum Gasteiger partial charge on any atom is 0.180 e. The van der Waals surface area contributed by atoms with Gasteiger partial charge < -0.3 is 4.90 Å². The van der Waals surface area contributed by atoms with Crippen molar-refractivity contribution in [2.45, 2.75) is 44.9 Å². The van der Waals surface area contributed by atoms with Crippen LogP contribution in [-0.4, -0.2) is 28.0 Å². The minimum absolute atomic E-state index is 0.792. The van der Waals surface area contributed by atoms with E-state index in [-0.39, 0.29) is 0 Å². The summed E-state index contributed by atoms with van der Waals surface area (Å²) in [4.78, 5) is 16.7. The third kappa shape index (κ3) is 2.58. The van der Waals surface area contributed by atoms with Crippen molar-refractivity contribution in [2.75, 3.05) is 18.0 Å². The zero-order valence-corrected chi connectivity index (χ0v) is 13.0. The number of aromatic nitrogens is 3. The lowest BCUT2D eigenvalue weighted by Crippen LogP contribution is -2.26. The summed E-state index contributed by atoms with van der Waals surface area (Å²) >= 11 is 0. The van der Waals surface area contributed by atoms with Gasteiger partial charge in [-0.05, 0) is 44.2 Å². The third-order valence-corrected chi connectivity index (χ3v) is 4.71. The molecule has 0 aromatic carbocycles. The largest absolute Gasteiger partial charge is 0.356 e. The number of nitrogens with zero attached hydrogens (tertiary/aromatic N) is 4. The number of fused-ring (bicyclic) bond motifs is 1. The number of pyridine rings is 1. The Morgan fingerprint density at radius 2 is 1.73 bits per heavy atom. The zero-order chi connectivity index (χ0) is 14.8. The highest BCUT2D eigenvalue weighted by Gasteiger charge is 2.24. The van der Waals surface area contributed by atoms with Gasteiger partial charge in [0.15, 0.2) is 5.82 Å². The van der Waals surface area contributed by atoms with E-state index in [2.05, 4.69) is 9.88 Å². The van der Waals surface area contributed by atoms with Gasteiger partial charge in [-0.25, -0.2) is 9.97 Å². The summed E-state index contributed by atoms with van der Waals surface area (Å²) in [6.07, 6.45) is 10.5. The van der Waals surface area contributed by atoms with Crippen LogP contribution < -0.4 is 4.90 Å². The fourth-order valence-corrected chi connectivity index (χ4v) is 3.57. The van der Waals surface area contributed by atoms with Crippen LogP contribution in [0.1, 0.15) is 43.4 Å². The van der Waals surface area contributed by atoms with E-state index in [1.54, 1.807) is 0 Å². The molecule has 2 aliphatic rings. The van der Waals surface area contributed by atoms with Crippen molar-refractivity contribution < 1.29 is 0 Å². The van der Waals surface area contributed by atoms with Crippen LogP contribution in [0.5, 0.6) is 0 Å². The molecule has 1 aliphatic heterocycles. The smallest absolute Gasteiger partial charge is 0.180 e. The molecular weight excluding hydrogens is 272 g/mol. The van der Waals surface area contributed by atoms with Crippen LogP contribution in [0.25, 0.3) is 11.5 Å². The standard InChI is InChI=1S/C18H22N4/c1-2-6-13-22(12-5-1)18-14-8-7-10-15(14)20-17(21-18)16-9-3-4-11-19-16/h3-4,9,11H,1-2,5-8,10,12-13H2. The molecule has 2 aromatic heterocycles. The summed E-state index contributed by atoms with van der Waals surface area (Å²) in [6.45, 7) is 2.26. The lowest BCUT2D eigenvalue weighted by molar-refractivity contribution is 0.726. The zero-order valence-electron chi connectivity index (χ0n) is 13.0. The molecule has 0 bridgehead atoms. The lowest BCUT2D eigenvalue weighted by Gasteiger charge is -2.24. The second-order valence-electron chi connectivity index (χ2n) is 6.27. The van der Waals surface area contributed by atoms with Gasteiger partial charge in [0.1, 0.15) is 11.5 Å². The summed E-state index contributed by atoms with van der Waals surface area (Å²) in [5, 5.41) is 0. The van der Waals surface area contributed by atoms with Crippen LogP contribution >= 0.6 is 0 Å². The van der Waals surface area contributed by atoms with Crippen LogP contribution in [-0.2, 0) is 12.8 Å². The van der Waals surface area contributed by atoms with Gasteiger partial charge in [-0.3, -0.25) is 4.98 Å². The minimum atomic E-state index is 0.792. The van der Waals surface area contributed by atoms with Gasteiger partial charge in [0.25, 0.3) is 0 Å². The van der Waals surface area contributed by atoms with E-state index in [1.165, 1.54) is 49.2 Å². The SMILES string of the molecule is c1ccc(-c2nc3c(c(N4CCCCCC4)n2)CCC3)nc1. The third-order valence-electron chi connectivity index (χ3n) is 4.71. The Morgan fingerprint density at radius 1 is 0.864 bits per heavy atom. The van der Waals surface area contributed by atoms with Crippen molar-refractivity contribution in [3.63, 3.8) is 0 Å². The first-order chi connectivity index (χ1) is 10.9. The van der Waals surface area contributed by atoms with Gasteiger partial charge in [-0.2, -0.15) is 0 Å². The van der Waals surface area contributed by atoms with E-state index in [4.69, 9.17) is 9.97 Å². The molecule has 1 fully saturated rings. The van der Waals surface area contributed by atoms with Gasteiger partial charge in [0, 0.05) is 30.5 Å². The van der Waals surface area contributed by atoms with E-state index < -0.39 is 0 Å². The van der Waals surface area contributed by atoms with Crippen molar-refractivity contribution >= 4 is 5.82 Å². The highest BCUT2D eigenvalue weighted by atomic mass is 15.2. The molecule has 0 saturated carbocycles. The number of rotatable bonds is 2.